The fourth-order valence-electron chi connectivity index (χ4n) is 7.85. The number of hydrogen-bond acceptors (Lipinski definition) is 6. The molecule has 390 valence electrons. The number of allylic oxidation sites excluding steroid dienone is 14. The molecular weight excluding hydrogens is 841 g/mol. The third kappa shape index (κ3) is 53.5. The predicted octanol–water partition coefficient (Wildman–Crippen LogP) is 19.2. The summed E-state index contributed by atoms with van der Waals surface area (Å²) in [6, 6.07) is 0. The molecule has 68 heavy (non-hydrogen) atoms. The monoisotopic (exact) mass is 947 g/mol. The maximum atomic E-state index is 12.8. The zero-order valence-electron chi connectivity index (χ0n) is 44.6. The van der Waals surface area contributed by atoms with E-state index >= 15 is 0 Å². The Balaban J connectivity index is 4.27. The number of rotatable bonds is 51. The van der Waals surface area contributed by atoms with E-state index in [2.05, 4.69) is 106 Å². The molecule has 0 saturated heterocycles. The number of carbonyl (C=O) groups is 3. The van der Waals surface area contributed by atoms with E-state index in [1.54, 1.807) is 0 Å². The smallest absolute Gasteiger partial charge is 0.306 e. The minimum atomic E-state index is -0.784. The van der Waals surface area contributed by atoms with E-state index in [9.17, 15) is 14.4 Å². The Morgan fingerprint density at radius 3 is 0.912 bits per heavy atom. The van der Waals surface area contributed by atoms with Crippen molar-refractivity contribution in [3.05, 3.63) is 85.1 Å². The first-order chi connectivity index (χ1) is 33.5. The third-order valence-corrected chi connectivity index (χ3v) is 12.1. The number of hydrogen-bond donors (Lipinski definition) is 0. The molecular formula is C62H106O6. The van der Waals surface area contributed by atoms with Gasteiger partial charge in [0.25, 0.3) is 0 Å². The van der Waals surface area contributed by atoms with Crippen molar-refractivity contribution < 1.29 is 28.6 Å². The van der Waals surface area contributed by atoms with Gasteiger partial charge in [0.15, 0.2) is 6.10 Å². The van der Waals surface area contributed by atoms with Crippen molar-refractivity contribution in [1.82, 2.24) is 0 Å². The summed E-state index contributed by atoms with van der Waals surface area (Å²) in [5, 5.41) is 0. The standard InChI is InChI=1S/C62H106O6/c1-4-7-10-13-16-19-21-23-25-27-28-29-30-31-32-33-34-35-37-38-40-43-46-49-52-55-61(64)67-58-59(57-66-60(63)54-51-48-45-42-18-15-12-9-6-3)68-62(65)56-53-50-47-44-41-39-36-26-24-22-20-17-14-11-8-5-2/h7,10,16,19-20,22-23,25-26,28-29,31-32,36,59H,4-6,8-9,11-15,17-18,21,24,27,30,33-35,37-58H2,1-3H3/b10-7-,19-16-,22-20-,25-23-,29-28-,32-31-,36-26-. The second kappa shape index (κ2) is 56.2. The highest BCUT2D eigenvalue weighted by Gasteiger charge is 2.19. The highest BCUT2D eigenvalue weighted by Crippen LogP contribution is 2.15. The van der Waals surface area contributed by atoms with Crippen LogP contribution in [0.4, 0.5) is 0 Å². The van der Waals surface area contributed by atoms with E-state index in [-0.39, 0.29) is 31.1 Å². The summed E-state index contributed by atoms with van der Waals surface area (Å²) in [4.78, 5) is 38.0. The molecule has 1 atom stereocenters. The average Bonchev–Trinajstić information content (AvgIpc) is 3.34. The Labute approximate surface area is 420 Å². The first-order valence-corrected chi connectivity index (χ1v) is 28.6. The second-order valence-corrected chi connectivity index (χ2v) is 18.8. The van der Waals surface area contributed by atoms with Gasteiger partial charge in [-0.25, -0.2) is 0 Å². The van der Waals surface area contributed by atoms with Gasteiger partial charge in [0.05, 0.1) is 0 Å². The van der Waals surface area contributed by atoms with E-state index in [1.165, 1.54) is 109 Å². The Kier molecular flexibility index (Phi) is 53.4. The van der Waals surface area contributed by atoms with Crippen LogP contribution in [0.2, 0.25) is 0 Å². The predicted molar refractivity (Wildman–Crippen MR) is 293 cm³/mol. The van der Waals surface area contributed by atoms with E-state index in [0.29, 0.717) is 19.3 Å². The number of unbranched alkanes of at least 4 members (excludes halogenated alkanes) is 26. The summed E-state index contributed by atoms with van der Waals surface area (Å²) in [7, 11) is 0. The number of carbonyl (C=O) groups excluding carboxylic acids is 3. The summed E-state index contributed by atoms with van der Waals surface area (Å²) in [5.74, 6) is -0.901. The van der Waals surface area contributed by atoms with Crippen molar-refractivity contribution in [2.75, 3.05) is 13.2 Å². The van der Waals surface area contributed by atoms with Crippen LogP contribution in [-0.4, -0.2) is 37.2 Å². The number of ether oxygens (including phenoxy) is 3. The van der Waals surface area contributed by atoms with Crippen LogP contribution < -0.4 is 0 Å². The van der Waals surface area contributed by atoms with Crippen LogP contribution in [0.1, 0.15) is 271 Å². The molecule has 0 amide bonds. The Bertz CT molecular complexity index is 1320. The van der Waals surface area contributed by atoms with Crippen LogP contribution >= 0.6 is 0 Å². The lowest BCUT2D eigenvalue weighted by atomic mass is 10.1. The lowest BCUT2D eigenvalue weighted by molar-refractivity contribution is -0.167. The largest absolute Gasteiger partial charge is 0.462 e. The first kappa shape index (κ1) is 64.6. The van der Waals surface area contributed by atoms with Gasteiger partial charge in [-0.15, -0.1) is 0 Å². The van der Waals surface area contributed by atoms with E-state index in [1.807, 2.05) is 0 Å². The summed E-state index contributed by atoms with van der Waals surface area (Å²) in [6.45, 7) is 6.48. The molecule has 0 N–H and O–H groups in total. The van der Waals surface area contributed by atoms with Gasteiger partial charge < -0.3 is 14.2 Å². The van der Waals surface area contributed by atoms with Crippen LogP contribution in [0.5, 0.6) is 0 Å². The van der Waals surface area contributed by atoms with E-state index in [4.69, 9.17) is 14.2 Å². The zero-order valence-corrected chi connectivity index (χ0v) is 44.6. The SMILES string of the molecule is CC/C=C\C/C=C\C/C=C\C/C=C\C/C=C\CCCCCCCCCCCC(=O)OCC(COC(=O)CCCCCCCCCCC)OC(=O)CCCCCCC/C=C\C/C=C\CCCCCC. The average molecular weight is 948 g/mol. The van der Waals surface area contributed by atoms with Gasteiger partial charge in [-0.1, -0.05) is 241 Å². The molecule has 0 aromatic heterocycles. The zero-order chi connectivity index (χ0) is 49.3. The highest BCUT2D eigenvalue weighted by molar-refractivity contribution is 5.71. The Hall–Kier alpha value is -3.41. The van der Waals surface area contributed by atoms with Crippen LogP contribution in [0.3, 0.4) is 0 Å². The fourth-order valence-corrected chi connectivity index (χ4v) is 7.85. The quantitative estimate of drug-likeness (QED) is 0.0262. The minimum Gasteiger partial charge on any atom is -0.462 e. The third-order valence-electron chi connectivity index (χ3n) is 12.1. The van der Waals surface area contributed by atoms with Gasteiger partial charge in [0.2, 0.25) is 0 Å². The summed E-state index contributed by atoms with van der Waals surface area (Å²) < 4.78 is 16.8. The van der Waals surface area contributed by atoms with Gasteiger partial charge in [-0.3, -0.25) is 14.4 Å². The van der Waals surface area contributed by atoms with Crippen LogP contribution in [-0.2, 0) is 28.6 Å². The maximum Gasteiger partial charge on any atom is 0.306 e. The van der Waals surface area contributed by atoms with Crippen molar-refractivity contribution in [2.45, 2.75) is 277 Å². The van der Waals surface area contributed by atoms with Crippen molar-refractivity contribution >= 4 is 17.9 Å². The molecule has 0 aromatic carbocycles. The molecule has 0 saturated carbocycles. The number of esters is 3. The molecule has 0 radical (unpaired) electrons. The van der Waals surface area contributed by atoms with Crippen molar-refractivity contribution in [1.29, 1.82) is 0 Å². The summed E-state index contributed by atoms with van der Waals surface area (Å²) in [6.07, 6.45) is 72.9. The second-order valence-electron chi connectivity index (χ2n) is 18.8. The van der Waals surface area contributed by atoms with Gasteiger partial charge in [-0.05, 0) is 96.3 Å². The molecule has 0 spiro atoms. The van der Waals surface area contributed by atoms with Crippen molar-refractivity contribution in [3.63, 3.8) is 0 Å². The maximum absolute atomic E-state index is 12.8. The fraction of sp³-hybridized carbons (Fsp3) is 0.726. The molecule has 0 bridgehead atoms. The Morgan fingerprint density at radius 2 is 0.574 bits per heavy atom. The van der Waals surface area contributed by atoms with Gasteiger partial charge >= 0.3 is 17.9 Å². The van der Waals surface area contributed by atoms with Gasteiger partial charge in [-0.2, -0.15) is 0 Å². The first-order valence-electron chi connectivity index (χ1n) is 28.6. The summed E-state index contributed by atoms with van der Waals surface area (Å²) >= 11 is 0. The molecule has 0 aromatic rings. The van der Waals surface area contributed by atoms with Gasteiger partial charge in [0.1, 0.15) is 13.2 Å². The minimum absolute atomic E-state index is 0.0824. The molecule has 1 unspecified atom stereocenters. The van der Waals surface area contributed by atoms with Crippen LogP contribution in [0.15, 0.2) is 85.1 Å². The molecule has 0 aliphatic heterocycles. The molecule has 0 rings (SSSR count). The molecule has 0 aliphatic rings. The normalized spacial score (nSPS) is 12.7. The van der Waals surface area contributed by atoms with Crippen LogP contribution in [0.25, 0.3) is 0 Å². The molecule has 6 heteroatoms. The van der Waals surface area contributed by atoms with E-state index < -0.39 is 6.10 Å². The Morgan fingerprint density at radius 1 is 0.309 bits per heavy atom. The van der Waals surface area contributed by atoms with E-state index in [0.717, 1.165) is 122 Å². The topological polar surface area (TPSA) is 78.9 Å². The lowest BCUT2D eigenvalue weighted by Crippen LogP contribution is -2.30. The van der Waals surface area contributed by atoms with Crippen molar-refractivity contribution in [2.24, 2.45) is 0 Å². The van der Waals surface area contributed by atoms with Gasteiger partial charge in [0, 0.05) is 19.3 Å². The highest BCUT2D eigenvalue weighted by atomic mass is 16.6. The molecule has 0 heterocycles. The van der Waals surface area contributed by atoms with Crippen molar-refractivity contribution in [3.8, 4) is 0 Å². The summed E-state index contributed by atoms with van der Waals surface area (Å²) in [5.41, 5.74) is 0. The lowest BCUT2D eigenvalue weighted by Gasteiger charge is -2.18. The van der Waals surface area contributed by atoms with Crippen LogP contribution in [0, 0.1) is 0 Å². The molecule has 6 nitrogen and oxygen atoms in total. The molecule has 0 aliphatic carbocycles. The molecule has 0 fully saturated rings.